The smallest absolute Gasteiger partial charge is 0.279 e. The molecule has 1 atom stereocenters. The second-order valence-corrected chi connectivity index (χ2v) is 8.06. The largest absolute Gasteiger partial charge is 0.372 e. The number of rotatable bonds is 7. The molecule has 1 amide bonds. The molecule has 0 bridgehead atoms. The van der Waals surface area contributed by atoms with E-state index >= 15 is 0 Å². The summed E-state index contributed by atoms with van der Waals surface area (Å²) in [5.74, 6) is -0.183. The molecule has 148 valence electrons. The predicted molar refractivity (Wildman–Crippen MR) is 110 cm³/mol. The van der Waals surface area contributed by atoms with Crippen molar-refractivity contribution in [3.8, 4) is 0 Å². The number of nitrogens with one attached hydrogen (secondary N) is 2. The Morgan fingerprint density at radius 2 is 1.68 bits per heavy atom. The van der Waals surface area contributed by atoms with Crippen molar-refractivity contribution >= 4 is 17.3 Å². The Balaban J connectivity index is 1.32. The van der Waals surface area contributed by atoms with E-state index in [1.807, 2.05) is 24.3 Å². The van der Waals surface area contributed by atoms with Gasteiger partial charge in [0, 0.05) is 42.9 Å². The Morgan fingerprint density at radius 1 is 1.00 bits per heavy atom. The van der Waals surface area contributed by atoms with E-state index < -0.39 is 0 Å². The van der Waals surface area contributed by atoms with Gasteiger partial charge in [0.1, 0.15) is 12.4 Å². The van der Waals surface area contributed by atoms with Gasteiger partial charge >= 0.3 is 0 Å². The maximum atomic E-state index is 13.1. The van der Waals surface area contributed by atoms with Crippen LogP contribution in [0.25, 0.3) is 0 Å². The van der Waals surface area contributed by atoms with Crippen molar-refractivity contribution in [1.29, 1.82) is 0 Å². The highest BCUT2D eigenvalue weighted by atomic mass is 19.1. The maximum absolute atomic E-state index is 13.1. The third-order valence-electron chi connectivity index (χ3n) is 5.76. The van der Waals surface area contributed by atoms with Crippen molar-refractivity contribution in [2.45, 2.75) is 44.7 Å². The lowest BCUT2D eigenvalue weighted by Gasteiger charge is -2.28. The van der Waals surface area contributed by atoms with Crippen LogP contribution in [0.15, 0.2) is 48.5 Å². The average Bonchev–Trinajstić information content (AvgIpc) is 3.56. The first kappa shape index (κ1) is 18.9. The van der Waals surface area contributed by atoms with Crippen molar-refractivity contribution in [2.75, 3.05) is 29.9 Å². The molecule has 1 saturated heterocycles. The van der Waals surface area contributed by atoms with Crippen molar-refractivity contribution < 1.29 is 14.1 Å². The fraction of sp³-hybridized carbons (Fsp3) is 0.435. The van der Waals surface area contributed by atoms with Crippen LogP contribution in [-0.2, 0) is 11.3 Å². The third kappa shape index (κ3) is 5.10. The molecule has 2 aromatic carbocycles. The highest BCUT2D eigenvalue weighted by Gasteiger charge is 2.34. The Labute approximate surface area is 166 Å². The number of carbonyl (C=O) groups excluding carboxylic acids is 1. The minimum absolute atomic E-state index is 0.0368. The molecular weight excluding hydrogens is 353 g/mol. The SMILES string of the molecule is O=C(C[NH+](Cc1ccc(F)cc1)C1CC1)Nc1ccc(N2CCCCC2)cc1. The molecule has 2 N–H and O–H groups in total. The molecule has 1 aliphatic carbocycles. The summed E-state index contributed by atoms with van der Waals surface area (Å²) in [6, 6.07) is 15.3. The summed E-state index contributed by atoms with van der Waals surface area (Å²) in [7, 11) is 0. The first-order valence-corrected chi connectivity index (χ1v) is 10.4. The van der Waals surface area contributed by atoms with Crippen LogP contribution in [0.2, 0.25) is 0 Å². The molecule has 1 unspecified atom stereocenters. The molecule has 28 heavy (non-hydrogen) atoms. The lowest BCUT2D eigenvalue weighted by molar-refractivity contribution is -0.916. The number of halogens is 1. The van der Waals surface area contributed by atoms with Gasteiger partial charge in [0.05, 0.1) is 6.04 Å². The van der Waals surface area contributed by atoms with Crippen LogP contribution in [-0.4, -0.2) is 31.6 Å². The standard InChI is InChI=1S/C23H28FN3O/c24-19-6-4-18(5-7-19)16-27(22-12-13-22)17-23(28)25-20-8-10-21(11-9-20)26-14-2-1-3-15-26/h4-11,22H,1-3,12-17H2,(H,25,28)/p+1. The molecule has 2 aliphatic rings. The summed E-state index contributed by atoms with van der Waals surface area (Å²) < 4.78 is 13.1. The second-order valence-electron chi connectivity index (χ2n) is 8.06. The number of hydrogen-bond donors (Lipinski definition) is 2. The molecule has 0 spiro atoms. The minimum Gasteiger partial charge on any atom is -0.372 e. The highest BCUT2D eigenvalue weighted by Crippen LogP contribution is 2.22. The Kier molecular flexibility index (Phi) is 5.91. The van der Waals surface area contributed by atoms with Crippen LogP contribution < -0.4 is 15.1 Å². The van der Waals surface area contributed by atoms with Gasteiger partial charge in [-0.1, -0.05) is 12.1 Å². The zero-order chi connectivity index (χ0) is 19.3. The number of nitrogens with zero attached hydrogens (tertiary/aromatic N) is 1. The van der Waals surface area contributed by atoms with E-state index in [9.17, 15) is 9.18 Å². The molecule has 1 saturated carbocycles. The van der Waals surface area contributed by atoms with Gasteiger partial charge in [-0.25, -0.2) is 4.39 Å². The third-order valence-corrected chi connectivity index (χ3v) is 5.76. The Bertz CT molecular complexity index is 780. The van der Waals surface area contributed by atoms with Gasteiger partial charge in [-0.2, -0.15) is 0 Å². The van der Waals surface area contributed by atoms with Crippen LogP contribution in [0.3, 0.4) is 0 Å². The lowest BCUT2D eigenvalue weighted by Crippen LogP contribution is -3.13. The van der Waals surface area contributed by atoms with Crippen LogP contribution in [0.1, 0.15) is 37.7 Å². The minimum atomic E-state index is -0.220. The maximum Gasteiger partial charge on any atom is 0.279 e. The summed E-state index contributed by atoms with van der Waals surface area (Å²) in [5.41, 5.74) is 3.16. The number of anilines is 2. The molecule has 2 fully saturated rings. The molecule has 5 heteroatoms. The van der Waals surface area contributed by atoms with Gasteiger partial charge in [0.15, 0.2) is 6.54 Å². The van der Waals surface area contributed by atoms with E-state index in [1.54, 1.807) is 0 Å². The van der Waals surface area contributed by atoms with Gasteiger partial charge < -0.3 is 15.1 Å². The fourth-order valence-corrected chi connectivity index (χ4v) is 4.03. The number of amides is 1. The normalized spacial score (nSPS) is 18.0. The van der Waals surface area contributed by atoms with Crippen molar-refractivity contribution in [1.82, 2.24) is 0 Å². The topological polar surface area (TPSA) is 36.8 Å². The monoisotopic (exact) mass is 382 g/mol. The van der Waals surface area contributed by atoms with E-state index in [1.165, 1.54) is 42.0 Å². The summed E-state index contributed by atoms with van der Waals surface area (Å²) in [4.78, 5) is 16.3. The average molecular weight is 383 g/mol. The fourth-order valence-electron chi connectivity index (χ4n) is 4.03. The molecule has 4 rings (SSSR count). The van der Waals surface area contributed by atoms with E-state index in [0.717, 1.165) is 43.7 Å². The number of piperidine rings is 1. The van der Waals surface area contributed by atoms with Gasteiger partial charge in [0.25, 0.3) is 5.91 Å². The van der Waals surface area contributed by atoms with E-state index in [2.05, 4.69) is 22.3 Å². The molecule has 1 heterocycles. The predicted octanol–water partition coefficient (Wildman–Crippen LogP) is 3.00. The van der Waals surface area contributed by atoms with Gasteiger partial charge in [-0.05, 0) is 55.7 Å². The first-order chi connectivity index (χ1) is 13.7. The van der Waals surface area contributed by atoms with E-state index in [0.29, 0.717) is 12.6 Å². The summed E-state index contributed by atoms with van der Waals surface area (Å²) in [6.07, 6.45) is 6.16. The van der Waals surface area contributed by atoms with Crippen LogP contribution in [0.4, 0.5) is 15.8 Å². The van der Waals surface area contributed by atoms with Crippen molar-refractivity contribution in [2.24, 2.45) is 0 Å². The van der Waals surface area contributed by atoms with E-state index in [-0.39, 0.29) is 11.7 Å². The zero-order valence-corrected chi connectivity index (χ0v) is 16.3. The number of carbonyl (C=O) groups is 1. The molecule has 0 aromatic heterocycles. The molecule has 4 nitrogen and oxygen atoms in total. The Morgan fingerprint density at radius 3 is 2.32 bits per heavy atom. The summed E-state index contributed by atoms with van der Waals surface area (Å²) in [6.45, 7) is 3.44. The number of quaternary nitrogens is 1. The van der Waals surface area contributed by atoms with E-state index in [4.69, 9.17) is 0 Å². The highest BCUT2D eigenvalue weighted by molar-refractivity contribution is 5.91. The second kappa shape index (κ2) is 8.74. The number of benzene rings is 2. The summed E-state index contributed by atoms with van der Waals surface area (Å²) in [5, 5.41) is 3.04. The van der Waals surface area contributed by atoms with Crippen LogP contribution >= 0.6 is 0 Å². The molecule has 2 aromatic rings. The van der Waals surface area contributed by atoms with Crippen molar-refractivity contribution in [3.63, 3.8) is 0 Å². The zero-order valence-electron chi connectivity index (χ0n) is 16.3. The lowest BCUT2D eigenvalue weighted by atomic mass is 10.1. The van der Waals surface area contributed by atoms with Crippen LogP contribution in [0, 0.1) is 5.82 Å². The molecular formula is C23H29FN3O+. The summed E-state index contributed by atoms with van der Waals surface area (Å²) >= 11 is 0. The van der Waals surface area contributed by atoms with Crippen LogP contribution in [0.5, 0.6) is 0 Å². The van der Waals surface area contributed by atoms with Crippen molar-refractivity contribution in [3.05, 3.63) is 59.9 Å². The quantitative estimate of drug-likeness (QED) is 0.772. The number of hydrogen-bond acceptors (Lipinski definition) is 2. The van der Waals surface area contributed by atoms with Gasteiger partial charge in [-0.15, -0.1) is 0 Å². The van der Waals surface area contributed by atoms with Gasteiger partial charge in [0.2, 0.25) is 0 Å². The molecule has 0 radical (unpaired) electrons. The van der Waals surface area contributed by atoms with Gasteiger partial charge in [-0.3, -0.25) is 4.79 Å². The first-order valence-electron chi connectivity index (χ1n) is 10.4. The Hall–Kier alpha value is -2.40. The molecule has 1 aliphatic heterocycles.